The number of hydrogen-bond donors (Lipinski definition) is 2. The lowest BCUT2D eigenvalue weighted by Crippen LogP contribution is -2.35. The van der Waals surface area contributed by atoms with Crippen molar-refractivity contribution >= 4 is 46.0 Å². The van der Waals surface area contributed by atoms with E-state index in [0.29, 0.717) is 33.3 Å². The molecule has 198 valence electrons. The number of aromatic amines is 1. The fraction of sp³-hybridized carbons (Fsp3) is 0.0714. The highest BCUT2D eigenvalue weighted by Crippen LogP contribution is 2.28. The van der Waals surface area contributed by atoms with E-state index in [2.05, 4.69) is 30.6 Å². The van der Waals surface area contributed by atoms with Crippen molar-refractivity contribution in [2.45, 2.75) is 12.5 Å². The number of H-pyrrole nitrogens is 1. The van der Waals surface area contributed by atoms with Crippen LogP contribution in [0, 0.1) is 0 Å². The van der Waals surface area contributed by atoms with Gasteiger partial charge in [-0.3, -0.25) is 14.2 Å². The minimum Gasteiger partial charge on any atom is -0.360 e. The predicted molar refractivity (Wildman–Crippen MR) is 153 cm³/mol. The van der Waals surface area contributed by atoms with Crippen LogP contribution in [0.4, 0.5) is 5.82 Å². The van der Waals surface area contributed by atoms with Crippen LogP contribution in [0.3, 0.4) is 0 Å². The van der Waals surface area contributed by atoms with E-state index in [1.54, 1.807) is 30.5 Å². The van der Waals surface area contributed by atoms with Crippen molar-refractivity contribution in [1.29, 1.82) is 0 Å². The van der Waals surface area contributed by atoms with E-state index >= 15 is 0 Å². The molecule has 6 rings (SSSR count). The Hall–Kier alpha value is -4.80. The van der Waals surface area contributed by atoms with E-state index < -0.39 is 17.5 Å². The first-order valence-electron chi connectivity index (χ1n) is 12.2. The molecule has 1 atom stereocenters. The van der Waals surface area contributed by atoms with Crippen molar-refractivity contribution in [2.75, 3.05) is 5.32 Å². The number of benzene rings is 2. The minimum absolute atomic E-state index is 0.212. The molecule has 4 heterocycles. The summed E-state index contributed by atoms with van der Waals surface area (Å²) in [6.45, 7) is 0. The number of amides is 1. The quantitative estimate of drug-likeness (QED) is 0.275. The van der Waals surface area contributed by atoms with Crippen LogP contribution in [0.1, 0.15) is 11.6 Å². The number of rotatable bonds is 7. The highest BCUT2D eigenvalue weighted by Gasteiger charge is 2.24. The van der Waals surface area contributed by atoms with Crippen LogP contribution < -0.4 is 10.9 Å². The number of fused-ring (bicyclic) bond motifs is 1. The SMILES string of the molecule is O=C(Nc1ccc2[nH]ccc2n1)[C@H](Cc1ccccc1)n1cnc(-c2cc(Cl)ccc2-n2cc(Cl)nn2)cc1=O. The third-order valence-corrected chi connectivity index (χ3v) is 6.76. The standard InChI is InChI=1S/C28H20Cl2N8O2/c29-18-6-8-23(38-15-25(30)35-36-38)19(13-18)22-14-27(39)37(16-32-22)24(12-17-4-2-1-3-5-17)28(40)34-26-9-7-20-21(33-26)10-11-31-20/h1-11,13-16,24,31H,12H2,(H,33,34,40)/t24-/m0/s1. The molecule has 1 amide bonds. The Balaban J connectivity index is 1.37. The summed E-state index contributed by atoms with van der Waals surface area (Å²) < 4.78 is 2.79. The number of carbonyl (C=O) groups is 1. The monoisotopic (exact) mass is 570 g/mol. The molecular weight excluding hydrogens is 551 g/mol. The van der Waals surface area contributed by atoms with Crippen LogP contribution >= 0.6 is 23.2 Å². The van der Waals surface area contributed by atoms with Crippen molar-refractivity contribution < 1.29 is 4.79 Å². The van der Waals surface area contributed by atoms with Gasteiger partial charge in [0.1, 0.15) is 11.9 Å². The highest BCUT2D eigenvalue weighted by atomic mass is 35.5. The molecule has 0 unspecified atom stereocenters. The zero-order valence-electron chi connectivity index (χ0n) is 20.7. The second kappa shape index (κ2) is 10.8. The summed E-state index contributed by atoms with van der Waals surface area (Å²) in [5.41, 5.74) is 3.51. The van der Waals surface area contributed by atoms with Gasteiger partial charge in [-0.25, -0.2) is 14.6 Å². The van der Waals surface area contributed by atoms with E-state index in [0.717, 1.165) is 11.1 Å². The summed E-state index contributed by atoms with van der Waals surface area (Å²) in [5, 5.41) is 11.4. The van der Waals surface area contributed by atoms with Crippen molar-refractivity contribution in [2.24, 2.45) is 0 Å². The van der Waals surface area contributed by atoms with Gasteiger partial charge in [0.25, 0.3) is 5.56 Å². The third-order valence-electron chi connectivity index (χ3n) is 6.35. The Kier molecular flexibility index (Phi) is 6.85. The number of pyridine rings is 1. The average Bonchev–Trinajstić information content (AvgIpc) is 3.61. The minimum atomic E-state index is -0.895. The van der Waals surface area contributed by atoms with Gasteiger partial charge in [-0.05, 0) is 42.0 Å². The molecule has 0 saturated carbocycles. The smallest absolute Gasteiger partial charge is 0.254 e. The van der Waals surface area contributed by atoms with Crippen LogP contribution in [0.2, 0.25) is 10.2 Å². The van der Waals surface area contributed by atoms with Crippen LogP contribution in [0.25, 0.3) is 28.0 Å². The lowest BCUT2D eigenvalue weighted by molar-refractivity contribution is -0.119. The van der Waals surface area contributed by atoms with E-state index in [1.807, 2.05) is 42.5 Å². The second-order valence-corrected chi connectivity index (χ2v) is 9.79. The first-order chi connectivity index (χ1) is 19.4. The number of carbonyl (C=O) groups excluding carboxylic acids is 1. The summed E-state index contributed by atoms with van der Waals surface area (Å²) in [7, 11) is 0. The van der Waals surface area contributed by atoms with Gasteiger partial charge in [0.05, 0.1) is 34.9 Å². The van der Waals surface area contributed by atoms with Gasteiger partial charge in [-0.15, -0.1) is 5.10 Å². The number of nitrogens with zero attached hydrogens (tertiary/aromatic N) is 6. The molecule has 6 aromatic rings. The number of hydrogen-bond acceptors (Lipinski definition) is 6. The van der Waals surface area contributed by atoms with Gasteiger partial charge in [0.2, 0.25) is 5.91 Å². The fourth-order valence-electron chi connectivity index (χ4n) is 4.43. The first kappa shape index (κ1) is 25.5. The molecule has 2 N–H and O–H groups in total. The van der Waals surface area contributed by atoms with Crippen molar-refractivity contribution in [3.8, 4) is 16.9 Å². The maximum atomic E-state index is 13.6. The van der Waals surface area contributed by atoms with Gasteiger partial charge in [0, 0.05) is 29.3 Å². The lowest BCUT2D eigenvalue weighted by Gasteiger charge is -2.20. The van der Waals surface area contributed by atoms with Gasteiger partial charge in [-0.2, -0.15) is 0 Å². The maximum absolute atomic E-state index is 13.6. The highest BCUT2D eigenvalue weighted by molar-refractivity contribution is 6.31. The first-order valence-corrected chi connectivity index (χ1v) is 13.0. The van der Waals surface area contributed by atoms with Gasteiger partial charge >= 0.3 is 0 Å². The van der Waals surface area contributed by atoms with E-state index in [9.17, 15) is 9.59 Å². The molecule has 0 radical (unpaired) electrons. The molecule has 10 nitrogen and oxygen atoms in total. The van der Waals surface area contributed by atoms with Crippen LogP contribution in [0.15, 0.2) is 96.3 Å². The average molecular weight is 571 g/mol. The summed E-state index contributed by atoms with van der Waals surface area (Å²) in [6, 6.07) is 20.4. The molecule has 0 aliphatic heterocycles. The Morgan fingerprint density at radius 1 is 1.02 bits per heavy atom. The number of halogens is 2. The van der Waals surface area contributed by atoms with E-state index in [4.69, 9.17) is 23.2 Å². The Bertz CT molecular complexity index is 1900. The zero-order valence-corrected chi connectivity index (χ0v) is 22.2. The summed E-state index contributed by atoms with van der Waals surface area (Å²) in [4.78, 5) is 39.2. The molecular formula is C28H20Cl2N8O2. The molecule has 0 aliphatic rings. The Morgan fingerprint density at radius 2 is 1.88 bits per heavy atom. The molecule has 2 aromatic carbocycles. The second-order valence-electron chi connectivity index (χ2n) is 8.97. The molecule has 0 fully saturated rings. The Labute approximate surface area is 237 Å². The normalized spacial score (nSPS) is 11.9. The van der Waals surface area contributed by atoms with Crippen molar-refractivity contribution in [3.63, 3.8) is 0 Å². The zero-order chi connectivity index (χ0) is 27.6. The summed E-state index contributed by atoms with van der Waals surface area (Å²) >= 11 is 12.2. The topological polar surface area (TPSA) is 123 Å². The van der Waals surface area contributed by atoms with Crippen LogP contribution in [0.5, 0.6) is 0 Å². The van der Waals surface area contributed by atoms with Gasteiger partial charge in [-0.1, -0.05) is 58.7 Å². The van der Waals surface area contributed by atoms with Crippen molar-refractivity contribution in [3.05, 3.63) is 118 Å². The molecule has 0 aliphatic carbocycles. The predicted octanol–water partition coefficient (Wildman–Crippen LogP) is 5.10. The number of nitrogens with one attached hydrogen (secondary N) is 2. The largest absolute Gasteiger partial charge is 0.360 e. The molecule has 40 heavy (non-hydrogen) atoms. The molecule has 0 saturated heterocycles. The Morgan fingerprint density at radius 3 is 2.65 bits per heavy atom. The molecule has 0 bridgehead atoms. The van der Waals surface area contributed by atoms with Gasteiger partial charge in [0.15, 0.2) is 5.15 Å². The molecule has 4 aromatic heterocycles. The molecule has 0 spiro atoms. The third kappa shape index (κ3) is 5.22. The van der Waals surface area contributed by atoms with E-state index in [-0.39, 0.29) is 11.6 Å². The van der Waals surface area contributed by atoms with Crippen molar-refractivity contribution in [1.82, 2.24) is 34.5 Å². The fourth-order valence-corrected chi connectivity index (χ4v) is 4.73. The number of anilines is 1. The van der Waals surface area contributed by atoms with E-state index in [1.165, 1.54) is 27.8 Å². The number of aromatic nitrogens is 7. The lowest BCUT2D eigenvalue weighted by atomic mass is 10.0. The summed E-state index contributed by atoms with van der Waals surface area (Å²) in [5.74, 6) is -0.0218. The maximum Gasteiger partial charge on any atom is 0.254 e. The van der Waals surface area contributed by atoms with Crippen LogP contribution in [-0.4, -0.2) is 40.4 Å². The van der Waals surface area contributed by atoms with Crippen LogP contribution in [-0.2, 0) is 11.2 Å². The molecule has 12 heteroatoms. The van der Waals surface area contributed by atoms with Gasteiger partial charge < -0.3 is 10.3 Å². The summed E-state index contributed by atoms with van der Waals surface area (Å²) in [6.07, 6.45) is 4.94.